The van der Waals surface area contributed by atoms with Crippen molar-refractivity contribution < 1.29 is 0 Å². The molecular weight excluding hydrogens is 629 g/mol. The van der Waals surface area contributed by atoms with E-state index in [0.717, 1.165) is 29.9 Å². The molecule has 0 fully saturated rings. The molecule has 2 heteroatoms. The maximum Gasteiger partial charge on any atom is 0.0493 e. The summed E-state index contributed by atoms with van der Waals surface area (Å²) < 4.78 is 0. The van der Waals surface area contributed by atoms with Gasteiger partial charge < -0.3 is 9.80 Å². The van der Waals surface area contributed by atoms with Crippen molar-refractivity contribution in [3.63, 3.8) is 0 Å². The first-order chi connectivity index (χ1) is 25.8. The minimum absolute atomic E-state index is 1.04. The van der Waals surface area contributed by atoms with Crippen molar-refractivity contribution in [3.8, 4) is 33.4 Å². The largest absolute Gasteiger partial charge is 0.311 e. The lowest BCUT2D eigenvalue weighted by Gasteiger charge is -2.27. The first-order valence-electron chi connectivity index (χ1n) is 18.1. The van der Waals surface area contributed by atoms with Gasteiger partial charge >= 0.3 is 0 Å². The summed E-state index contributed by atoms with van der Waals surface area (Å²) >= 11 is 0. The molecule has 2 nitrogen and oxygen atoms in total. The SMILES string of the molecule is c1ccc(-c2cc(-c3ccc(N(c4ccccc4)c4ccccc4)cc3)cc(-c3ccc(N4c5ccccc5CCc5ccccc54)cc3)c2)cc1. The van der Waals surface area contributed by atoms with Crippen molar-refractivity contribution in [2.24, 2.45) is 0 Å². The smallest absolute Gasteiger partial charge is 0.0493 e. The summed E-state index contributed by atoms with van der Waals surface area (Å²) in [7, 11) is 0. The first-order valence-corrected chi connectivity index (χ1v) is 18.1. The summed E-state index contributed by atoms with van der Waals surface area (Å²) in [4.78, 5) is 4.74. The van der Waals surface area contributed by atoms with E-state index in [1.165, 1.54) is 61.6 Å². The van der Waals surface area contributed by atoms with E-state index in [-0.39, 0.29) is 0 Å². The van der Waals surface area contributed by atoms with Crippen LogP contribution in [0.1, 0.15) is 11.1 Å². The molecule has 1 heterocycles. The number of aryl methyl sites for hydroxylation is 2. The zero-order chi connectivity index (χ0) is 34.7. The minimum atomic E-state index is 1.04. The van der Waals surface area contributed by atoms with Crippen LogP contribution in [0.25, 0.3) is 33.4 Å². The van der Waals surface area contributed by atoms with Gasteiger partial charge in [0.25, 0.3) is 0 Å². The van der Waals surface area contributed by atoms with Gasteiger partial charge in [-0.05, 0) is 136 Å². The van der Waals surface area contributed by atoms with E-state index in [1.54, 1.807) is 0 Å². The molecule has 0 aromatic heterocycles. The molecule has 1 aliphatic heterocycles. The van der Waals surface area contributed by atoms with Gasteiger partial charge in [-0.25, -0.2) is 0 Å². The number of fused-ring (bicyclic) bond motifs is 2. The molecule has 248 valence electrons. The molecule has 0 aliphatic carbocycles. The fourth-order valence-electron chi connectivity index (χ4n) is 7.52. The van der Waals surface area contributed by atoms with E-state index < -0.39 is 0 Å². The van der Waals surface area contributed by atoms with Crippen molar-refractivity contribution in [2.75, 3.05) is 9.80 Å². The molecule has 0 unspecified atom stereocenters. The Morgan fingerprint density at radius 1 is 0.308 bits per heavy atom. The molecule has 52 heavy (non-hydrogen) atoms. The molecule has 0 bridgehead atoms. The number of anilines is 6. The van der Waals surface area contributed by atoms with E-state index in [0.29, 0.717) is 0 Å². The van der Waals surface area contributed by atoms with Crippen LogP contribution in [-0.4, -0.2) is 0 Å². The molecule has 0 atom stereocenters. The van der Waals surface area contributed by atoms with E-state index in [2.05, 4.69) is 216 Å². The van der Waals surface area contributed by atoms with Crippen molar-refractivity contribution in [2.45, 2.75) is 12.8 Å². The second kappa shape index (κ2) is 13.9. The number of benzene rings is 8. The summed E-state index contributed by atoms with van der Waals surface area (Å²) in [6, 6.07) is 74.5. The standard InChI is InChI=1S/C50H38N2/c1-4-14-37(15-5-1)42-34-43(38-26-30-47(31-27-38)51(45-18-6-2-7-19-45)46-20-8-3-9-21-46)36-44(35-42)39-28-32-48(33-29-39)52-49-22-12-10-16-40(49)24-25-41-17-11-13-23-50(41)52/h1-23,26-36H,24-25H2. The minimum Gasteiger partial charge on any atom is -0.311 e. The number of nitrogens with zero attached hydrogens (tertiary/aromatic N) is 2. The zero-order valence-corrected chi connectivity index (χ0v) is 28.9. The Morgan fingerprint density at radius 3 is 1.15 bits per heavy atom. The van der Waals surface area contributed by atoms with Gasteiger partial charge in [0, 0.05) is 34.1 Å². The van der Waals surface area contributed by atoms with Gasteiger partial charge in [0.15, 0.2) is 0 Å². The molecule has 9 rings (SSSR count). The van der Waals surface area contributed by atoms with Crippen LogP contribution in [0.2, 0.25) is 0 Å². The van der Waals surface area contributed by atoms with Crippen LogP contribution in [0.3, 0.4) is 0 Å². The zero-order valence-electron chi connectivity index (χ0n) is 28.9. The second-order valence-electron chi connectivity index (χ2n) is 13.4. The maximum absolute atomic E-state index is 2.43. The lowest BCUT2D eigenvalue weighted by atomic mass is 9.93. The van der Waals surface area contributed by atoms with Crippen molar-refractivity contribution in [1.29, 1.82) is 0 Å². The Balaban J connectivity index is 1.10. The Labute approximate surface area is 306 Å². The Bertz CT molecular complexity index is 2350. The highest BCUT2D eigenvalue weighted by Gasteiger charge is 2.22. The molecule has 0 amide bonds. The first kappa shape index (κ1) is 31.3. The van der Waals surface area contributed by atoms with Crippen LogP contribution in [0.4, 0.5) is 34.1 Å². The summed E-state index contributed by atoms with van der Waals surface area (Å²) in [6.45, 7) is 0. The molecule has 0 saturated heterocycles. The Kier molecular flexibility index (Phi) is 8.40. The quantitative estimate of drug-likeness (QED) is 0.167. The predicted molar refractivity (Wildman–Crippen MR) is 220 cm³/mol. The van der Waals surface area contributed by atoms with Gasteiger partial charge in [0.2, 0.25) is 0 Å². The lowest BCUT2D eigenvalue weighted by Crippen LogP contribution is -2.11. The Morgan fingerprint density at radius 2 is 0.673 bits per heavy atom. The van der Waals surface area contributed by atoms with Gasteiger partial charge in [-0.3, -0.25) is 0 Å². The van der Waals surface area contributed by atoms with Gasteiger partial charge in [-0.15, -0.1) is 0 Å². The lowest BCUT2D eigenvalue weighted by molar-refractivity contribution is 0.977. The van der Waals surface area contributed by atoms with Crippen LogP contribution in [0.5, 0.6) is 0 Å². The van der Waals surface area contributed by atoms with Crippen molar-refractivity contribution >= 4 is 34.1 Å². The van der Waals surface area contributed by atoms with Crippen molar-refractivity contribution in [1.82, 2.24) is 0 Å². The summed E-state index contributed by atoms with van der Waals surface area (Å²) in [6.07, 6.45) is 2.07. The highest BCUT2D eigenvalue weighted by Crippen LogP contribution is 2.43. The average molecular weight is 667 g/mol. The summed E-state index contributed by atoms with van der Waals surface area (Å²) in [5, 5.41) is 0. The van der Waals surface area contributed by atoms with Gasteiger partial charge in [0.05, 0.1) is 0 Å². The van der Waals surface area contributed by atoms with E-state index in [1.807, 2.05) is 0 Å². The molecule has 0 spiro atoms. The number of para-hydroxylation sites is 4. The van der Waals surface area contributed by atoms with E-state index in [4.69, 9.17) is 0 Å². The topological polar surface area (TPSA) is 6.48 Å². The van der Waals surface area contributed by atoms with Crippen LogP contribution in [0.15, 0.2) is 206 Å². The number of hydrogen-bond donors (Lipinski definition) is 0. The maximum atomic E-state index is 2.43. The normalized spacial score (nSPS) is 12.0. The van der Waals surface area contributed by atoms with Crippen LogP contribution in [-0.2, 0) is 12.8 Å². The van der Waals surface area contributed by atoms with Gasteiger partial charge in [-0.1, -0.05) is 127 Å². The average Bonchev–Trinajstić information content (AvgIpc) is 3.39. The second-order valence-corrected chi connectivity index (χ2v) is 13.4. The van der Waals surface area contributed by atoms with E-state index in [9.17, 15) is 0 Å². The predicted octanol–water partition coefficient (Wildman–Crippen LogP) is 13.7. The molecule has 8 aromatic rings. The van der Waals surface area contributed by atoms with Crippen LogP contribution >= 0.6 is 0 Å². The fraction of sp³-hybridized carbons (Fsp3) is 0.0400. The number of hydrogen-bond acceptors (Lipinski definition) is 2. The van der Waals surface area contributed by atoms with Crippen LogP contribution in [0, 0.1) is 0 Å². The molecule has 0 saturated carbocycles. The van der Waals surface area contributed by atoms with E-state index >= 15 is 0 Å². The molecule has 8 aromatic carbocycles. The summed E-state index contributed by atoms with van der Waals surface area (Å²) in [5.74, 6) is 0. The third kappa shape index (κ3) is 6.16. The third-order valence-corrected chi connectivity index (χ3v) is 10.1. The van der Waals surface area contributed by atoms with Crippen LogP contribution < -0.4 is 9.80 Å². The fourth-order valence-corrected chi connectivity index (χ4v) is 7.52. The molecule has 0 N–H and O–H groups in total. The molecule has 0 radical (unpaired) electrons. The Hall–Kier alpha value is -6.64. The molecule has 1 aliphatic rings. The molecular formula is C50H38N2. The highest BCUT2D eigenvalue weighted by atomic mass is 15.2. The highest BCUT2D eigenvalue weighted by molar-refractivity contribution is 5.86. The number of rotatable bonds is 7. The monoisotopic (exact) mass is 666 g/mol. The van der Waals surface area contributed by atoms with Gasteiger partial charge in [0.1, 0.15) is 0 Å². The van der Waals surface area contributed by atoms with Gasteiger partial charge in [-0.2, -0.15) is 0 Å². The summed E-state index contributed by atoms with van der Waals surface area (Å²) in [5.41, 5.74) is 17.0. The van der Waals surface area contributed by atoms with Crippen molar-refractivity contribution in [3.05, 3.63) is 217 Å². The third-order valence-electron chi connectivity index (χ3n) is 10.1.